The maximum Gasteiger partial charge on any atom is 0.142 e. The Morgan fingerprint density at radius 1 is 1.06 bits per heavy atom. The van der Waals surface area contributed by atoms with E-state index in [-0.39, 0.29) is 6.10 Å². The fourth-order valence-electron chi connectivity index (χ4n) is 4.83. The van der Waals surface area contributed by atoms with E-state index in [1.54, 1.807) is 7.11 Å². The summed E-state index contributed by atoms with van der Waals surface area (Å²) >= 11 is 0. The van der Waals surface area contributed by atoms with Gasteiger partial charge in [0.25, 0.3) is 0 Å². The van der Waals surface area contributed by atoms with Crippen LogP contribution in [0.3, 0.4) is 0 Å². The highest BCUT2D eigenvalue weighted by Gasteiger charge is 2.27. The van der Waals surface area contributed by atoms with Gasteiger partial charge in [0.15, 0.2) is 0 Å². The van der Waals surface area contributed by atoms with Crippen molar-refractivity contribution in [1.82, 2.24) is 5.32 Å². The summed E-state index contributed by atoms with van der Waals surface area (Å²) in [7, 11) is 1.76. The number of rotatable bonds is 12. The molecule has 34 heavy (non-hydrogen) atoms. The highest BCUT2D eigenvalue weighted by atomic mass is 16.5. The number of anilines is 1. The fourth-order valence-corrected chi connectivity index (χ4v) is 4.83. The van der Waals surface area contributed by atoms with Crippen molar-refractivity contribution in [3.8, 4) is 5.75 Å². The number of hydrogen-bond donors (Lipinski definition) is 1. The molecule has 0 radical (unpaired) electrons. The van der Waals surface area contributed by atoms with E-state index in [0.717, 1.165) is 71.0 Å². The van der Waals surface area contributed by atoms with E-state index < -0.39 is 0 Å². The summed E-state index contributed by atoms with van der Waals surface area (Å²) in [6.07, 6.45) is 3.30. The highest BCUT2D eigenvalue weighted by molar-refractivity contribution is 5.61. The fraction of sp³-hybridized carbons (Fsp3) is 0.571. The molecule has 186 valence electrons. The Hall–Kier alpha value is -2.12. The lowest BCUT2D eigenvalue weighted by molar-refractivity contribution is 0.0106. The summed E-state index contributed by atoms with van der Waals surface area (Å²) in [5.41, 5.74) is 4.94. The molecular formula is C28H40N2O4. The molecule has 0 saturated carbocycles. The van der Waals surface area contributed by atoms with Gasteiger partial charge in [-0.3, -0.25) is 0 Å². The van der Waals surface area contributed by atoms with Gasteiger partial charge in [0, 0.05) is 39.3 Å². The van der Waals surface area contributed by atoms with Crippen molar-refractivity contribution in [3.05, 3.63) is 59.2 Å². The smallest absolute Gasteiger partial charge is 0.142 e. The van der Waals surface area contributed by atoms with Gasteiger partial charge in [-0.25, -0.2) is 0 Å². The summed E-state index contributed by atoms with van der Waals surface area (Å²) < 4.78 is 23.3. The molecule has 0 aromatic heterocycles. The molecule has 6 heteroatoms. The van der Waals surface area contributed by atoms with Crippen molar-refractivity contribution in [2.45, 2.75) is 51.4 Å². The minimum Gasteiger partial charge on any atom is -0.490 e. The molecule has 2 atom stereocenters. The molecule has 2 aromatic rings. The van der Waals surface area contributed by atoms with Gasteiger partial charge in [0.1, 0.15) is 12.4 Å². The minimum absolute atomic E-state index is 0.154. The SMILES string of the molecule is CCCOCc1ccc(C2CCNCC2OCc2ccc3c(c2)N(CCCOC)CCO3)cc1. The van der Waals surface area contributed by atoms with Crippen LogP contribution in [0.1, 0.15) is 48.8 Å². The lowest BCUT2D eigenvalue weighted by Gasteiger charge is -2.33. The van der Waals surface area contributed by atoms with Crippen LogP contribution in [0.15, 0.2) is 42.5 Å². The van der Waals surface area contributed by atoms with Crippen LogP contribution >= 0.6 is 0 Å². The summed E-state index contributed by atoms with van der Waals surface area (Å²) in [6.45, 7) is 9.53. The number of nitrogens with one attached hydrogen (secondary N) is 1. The molecule has 1 N–H and O–H groups in total. The Morgan fingerprint density at radius 3 is 2.74 bits per heavy atom. The first-order valence-electron chi connectivity index (χ1n) is 12.8. The maximum atomic E-state index is 6.50. The molecule has 1 saturated heterocycles. The van der Waals surface area contributed by atoms with Gasteiger partial charge in [-0.15, -0.1) is 0 Å². The number of methoxy groups -OCH3 is 1. The zero-order valence-electron chi connectivity index (χ0n) is 20.8. The van der Waals surface area contributed by atoms with Crippen LogP contribution in [0.5, 0.6) is 5.75 Å². The van der Waals surface area contributed by atoms with E-state index in [4.69, 9.17) is 18.9 Å². The molecule has 1 fully saturated rings. The van der Waals surface area contributed by atoms with Crippen molar-refractivity contribution in [2.75, 3.05) is 58.0 Å². The maximum absolute atomic E-state index is 6.50. The number of fused-ring (bicyclic) bond motifs is 1. The molecule has 2 unspecified atom stereocenters. The Kier molecular flexibility index (Phi) is 9.63. The second-order valence-corrected chi connectivity index (χ2v) is 9.23. The molecule has 2 heterocycles. The van der Waals surface area contributed by atoms with Gasteiger partial charge in [-0.1, -0.05) is 37.3 Å². The predicted molar refractivity (Wildman–Crippen MR) is 136 cm³/mol. The van der Waals surface area contributed by atoms with Crippen molar-refractivity contribution in [2.24, 2.45) is 0 Å². The molecule has 2 aliphatic rings. The molecule has 6 nitrogen and oxygen atoms in total. The predicted octanol–water partition coefficient (Wildman–Crippen LogP) is 4.51. The zero-order chi connectivity index (χ0) is 23.6. The number of ether oxygens (including phenoxy) is 4. The third-order valence-electron chi connectivity index (χ3n) is 6.67. The van der Waals surface area contributed by atoms with Gasteiger partial charge in [0.2, 0.25) is 0 Å². The van der Waals surface area contributed by atoms with E-state index in [1.165, 1.54) is 22.4 Å². The number of nitrogens with zero attached hydrogens (tertiary/aromatic N) is 1. The average Bonchev–Trinajstić information content (AvgIpc) is 2.88. The van der Waals surface area contributed by atoms with E-state index >= 15 is 0 Å². The van der Waals surface area contributed by atoms with Gasteiger partial charge in [-0.05, 0) is 54.6 Å². The van der Waals surface area contributed by atoms with E-state index in [9.17, 15) is 0 Å². The zero-order valence-corrected chi connectivity index (χ0v) is 20.8. The Labute approximate surface area is 204 Å². The lowest BCUT2D eigenvalue weighted by atomic mass is 9.87. The summed E-state index contributed by atoms with van der Waals surface area (Å²) in [6, 6.07) is 15.4. The lowest BCUT2D eigenvalue weighted by Crippen LogP contribution is -2.41. The van der Waals surface area contributed by atoms with Crippen LogP contribution in [0.25, 0.3) is 0 Å². The first kappa shape index (κ1) is 25.0. The minimum atomic E-state index is 0.154. The van der Waals surface area contributed by atoms with Crippen molar-refractivity contribution >= 4 is 5.69 Å². The normalized spacial score (nSPS) is 20.1. The Balaban J connectivity index is 1.37. The first-order chi connectivity index (χ1) is 16.8. The van der Waals surface area contributed by atoms with Gasteiger partial charge < -0.3 is 29.2 Å². The van der Waals surface area contributed by atoms with Crippen LogP contribution in [-0.2, 0) is 27.4 Å². The van der Waals surface area contributed by atoms with Crippen molar-refractivity contribution < 1.29 is 18.9 Å². The van der Waals surface area contributed by atoms with Gasteiger partial charge in [-0.2, -0.15) is 0 Å². The Bertz CT molecular complexity index is 873. The molecule has 2 aromatic carbocycles. The molecule has 0 amide bonds. The number of hydrogen-bond acceptors (Lipinski definition) is 6. The number of benzene rings is 2. The van der Waals surface area contributed by atoms with Crippen LogP contribution in [0.4, 0.5) is 5.69 Å². The first-order valence-corrected chi connectivity index (χ1v) is 12.8. The molecule has 0 bridgehead atoms. The summed E-state index contributed by atoms with van der Waals surface area (Å²) in [4.78, 5) is 2.40. The standard InChI is InChI=1S/C28H40N2O4/c1-3-15-32-20-22-5-8-24(9-6-22)25-11-12-29-19-28(25)34-21-23-7-10-27-26(18-23)30(14-17-33-27)13-4-16-31-2/h5-10,18,25,28-29H,3-4,11-17,19-21H2,1-2H3. The average molecular weight is 469 g/mol. The molecule has 0 aliphatic carbocycles. The van der Waals surface area contributed by atoms with Crippen LogP contribution in [0, 0.1) is 0 Å². The monoisotopic (exact) mass is 468 g/mol. The van der Waals surface area contributed by atoms with E-state index in [2.05, 4.69) is 59.6 Å². The number of piperidine rings is 1. The van der Waals surface area contributed by atoms with Crippen LogP contribution < -0.4 is 15.0 Å². The summed E-state index contributed by atoms with van der Waals surface area (Å²) in [5.74, 6) is 1.37. The molecule has 4 rings (SSSR count). The highest BCUT2D eigenvalue weighted by Crippen LogP contribution is 2.34. The second-order valence-electron chi connectivity index (χ2n) is 9.23. The third kappa shape index (κ3) is 6.72. The van der Waals surface area contributed by atoms with Gasteiger partial charge >= 0.3 is 0 Å². The van der Waals surface area contributed by atoms with E-state index in [1.807, 2.05) is 0 Å². The van der Waals surface area contributed by atoms with Crippen LogP contribution in [0.2, 0.25) is 0 Å². The van der Waals surface area contributed by atoms with E-state index in [0.29, 0.717) is 19.1 Å². The van der Waals surface area contributed by atoms with Crippen molar-refractivity contribution in [1.29, 1.82) is 0 Å². The van der Waals surface area contributed by atoms with Gasteiger partial charge in [0.05, 0.1) is 31.5 Å². The van der Waals surface area contributed by atoms with Crippen LogP contribution in [-0.4, -0.2) is 59.2 Å². The second kappa shape index (κ2) is 13.1. The molecular weight excluding hydrogens is 428 g/mol. The topological polar surface area (TPSA) is 52.2 Å². The third-order valence-corrected chi connectivity index (χ3v) is 6.67. The Morgan fingerprint density at radius 2 is 1.91 bits per heavy atom. The molecule has 2 aliphatic heterocycles. The van der Waals surface area contributed by atoms with Crippen molar-refractivity contribution in [3.63, 3.8) is 0 Å². The summed E-state index contributed by atoms with van der Waals surface area (Å²) in [5, 5.41) is 3.52. The molecule has 0 spiro atoms. The largest absolute Gasteiger partial charge is 0.490 e. The quantitative estimate of drug-likeness (QED) is 0.463.